The van der Waals surface area contributed by atoms with Crippen molar-refractivity contribution >= 4 is 34.9 Å². The predicted molar refractivity (Wildman–Crippen MR) is 94.3 cm³/mol. The van der Waals surface area contributed by atoms with Crippen molar-refractivity contribution in [2.45, 2.75) is 30.1 Å². The van der Waals surface area contributed by atoms with Crippen LogP contribution in [-0.4, -0.2) is 34.3 Å². The number of benzene rings is 1. The summed E-state index contributed by atoms with van der Waals surface area (Å²) < 4.78 is 0.962. The minimum atomic E-state index is -0.229. The van der Waals surface area contributed by atoms with Crippen LogP contribution in [0.3, 0.4) is 0 Å². The molecule has 0 radical (unpaired) electrons. The number of aryl methyl sites for hydroxylation is 1. The third-order valence-electron chi connectivity index (χ3n) is 3.65. The van der Waals surface area contributed by atoms with E-state index in [2.05, 4.69) is 20.8 Å². The van der Waals surface area contributed by atoms with Crippen molar-refractivity contribution in [1.82, 2.24) is 20.8 Å². The third-order valence-corrected chi connectivity index (χ3v) is 5.71. The zero-order valence-electron chi connectivity index (χ0n) is 13.2. The van der Waals surface area contributed by atoms with Gasteiger partial charge in [-0.2, -0.15) is 0 Å². The van der Waals surface area contributed by atoms with Gasteiger partial charge in [0.1, 0.15) is 5.01 Å². The Balaban J connectivity index is 1.38. The second-order valence-electron chi connectivity index (χ2n) is 5.46. The highest BCUT2D eigenvalue weighted by molar-refractivity contribution is 8.01. The van der Waals surface area contributed by atoms with E-state index in [0.717, 1.165) is 27.1 Å². The van der Waals surface area contributed by atoms with Crippen molar-refractivity contribution in [2.75, 3.05) is 12.3 Å². The quantitative estimate of drug-likeness (QED) is 0.583. The molecule has 2 aromatic rings. The van der Waals surface area contributed by atoms with Gasteiger partial charge in [-0.3, -0.25) is 9.59 Å². The Morgan fingerprint density at radius 3 is 3.00 bits per heavy atom. The van der Waals surface area contributed by atoms with Crippen LogP contribution in [0.15, 0.2) is 28.6 Å². The fourth-order valence-corrected chi connectivity index (χ4v) is 4.36. The SMILES string of the molecule is Cc1nnc(SCCCNC(=O)C[C@H]2NC(=O)c3ccccc32)s1. The molecule has 0 saturated carbocycles. The summed E-state index contributed by atoms with van der Waals surface area (Å²) in [5, 5.41) is 14.7. The first kappa shape index (κ1) is 16.9. The number of thioether (sulfide) groups is 1. The molecule has 3 rings (SSSR count). The van der Waals surface area contributed by atoms with E-state index in [1.165, 1.54) is 0 Å². The van der Waals surface area contributed by atoms with Crippen LogP contribution >= 0.6 is 23.1 Å². The van der Waals surface area contributed by atoms with Gasteiger partial charge in [0.25, 0.3) is 5.91 Å². The number of hydrogen-bond donors (Lipinski definition) is 2. The highest BCUT2D eigenvalue weighted by atomic mass is 32.2. The molecule has 0 spiro atoms. The fourth-order valence-electron chi connectivity index (χ4n) is 2.54. The highest BCUT2D eigenvalue weighted by Crippen LogP contribution is 2.27. The van der Waals surface area contributed by atoms with Gasteiger partial charge in [-0.15, -0.1) is 10.2 Å². The number of aromatic nitrogens is 2. The van der Waals surface area contributed by atoms with Crippen LogP contribution in [0.2, 0.25) is 0 Å². The van der Waals surface area contributed by atoms with E-state index in [9.17, 15) is 9.59 Å². The Bertz CT molecular complexity index is 747. The molecule has 6 nitrogen and oxygen atoms in total. The average molecular weight is 362 g/mol. The van der Waals surface area contributed by atoms with Crippen molar-refractivity contribution in [2.24, 2.45) is 0 Å². The van der Waals surface area contributed by atoms with Crippen LogP contribution in [0.25, 0.3) is 0 Å². The lowest BCUT2D eigenvalue weighted by atomic mass is 10.0. The van der Waals surface area contributed by atoms with E-state index in [1.807, 2.05) is 25.1 Å². The molecule has 0 unspecified atom stereocenters. The molecule has 1 aromatic heterocycles. The molecule has 0 aliphatic carbocycles. The average Bonchev–Trinajstić information content (AvgIpc) is 3.12. The normalized spacial score (nSPS) is 15.9. The van der Waals surface area contributed by atoms with Gasteiger partial charge in [0.05, 0.1) is 12.5 Å². The predicted octanol–water partition coefficient (Wildman–Crippen LogP) is 2.32. The molecule has 0 bridgehead atoms. The first-order valence-electron chi connectivity index (χ1n) is 7.73. The van der Waals surface area contributed by atoms with Crippen molar-refractivity contribution in [1.29, 1.82) is 0 Å². The van der Waals surface area contributed by atoms with Gasteiger partial charge < -0.3 is 10.6 Å². The molecule has 24 heavy (non-hydrogen) atoms. The van der Waals surface area contributed by atoms with Crippen LogP contribution in [0.5, 0.6) is 0 Å². The van der Waals surface area contributed by atoms with E-state index < -0.39 is 0 Å². The van der Waals surface area contributed by atoms with Crippen LogP contribution < -0.4 is 10.6 Å². The summed E-state index contributed by atoms with van der Waals surface area (Å²) in [7, 11) is 0. The molecule has 0 saturated heterocycles. The van der Waals surface area contributed by atoms with Gasteiger partial charge in [0, 0.05) is 17.9 Å². The number of carbonyl (C=O) groups is 2. The maximum absolute atomic E-state index is 12.1. The first-order chi connectivity index (χ1) is 11.6. The molecule has 126 valence electrons. The molecule has 1 aliphatic rings. The summed E-state index contributed by atoms with van der Waals surface area (Å²) >= 11 is 3.23. The van der Waals surface area contributed by atoms with E-state index in [1.54, 1.807) is 29.2 Å². The minimum Gasteiger partial charge on any atom is -0.356 e. The topological polar surface area (TPSA) is 84.0 Å². The lowest BCUT2D eigenvalue weighted by Crippen LogP contribution is -2.29. The van der Waals surface area contributed by atoms with E-state index in [4.69, 9.17) is 0 Å². The number of fused-ring (bicyclic) bond motifs is 1. The largest absolute Gasteiger partial charge is 0.356 e. The van der Waals surface area contributed by atoms with E-state index >= 15 is 0 Å². The van der Waals surface area contributed by atoms with E-state index in [-0.39, 0.29) is 24.3 Å². The van der Waals surface area contributed by atoms with Gasteiger partial charge in [0.2, 0.25) is 5.91 Å². The highest BCUT2D eigenvalue weighted by Gasteiger charge is 2.29. The van der Waals surface area contributed by atoms with Crippen molar-refractivity contribution < 1.29 is 9.59 Å². The molecular formula is C16H18N4O2S2. The number of amides is 2. The maximum atomic E-state index is 12.1. The Morgan fingerprint density at radius 1 is 1.38 bits per heavy atom. The summed E-state index contributed by atoms with van der Waals surface area (Å²) in [6, 6.07) is 7.17. The number of nitrogens with one attached hydrogen (secondary N) is 2. The summed E-state index contributed by atoms with van der Waals surface area (Å²) in [6.07, 6.45) is 1.13. The molecule has 8 heteroatoms. The second-order valence-corrected chi connectivity index (χ2v) is 7.98. The summed E-state index contributed by atoms with van der Waals surface area (Å²) in [6.45, 7) is 2.55. The summed E-state index contributed by atoms with van der Waals surface area (Å²) in [4.78, 5) is 23.9. The van der Waals surface area contributed by atoms with Gasteiger partial charge in [-0.25, -0.2) is 0 Å². The molecule has 1 aliphatic heterocycles. The van der Waals surface area contributed by atoms with Crippen LogP contribution in [0.1, 0.15) is 39.8 Å². The number of hydrogen-bond acceptors (Lipinski definition) is 6. The van der Waals surface area contributed by atoms with Crippen LogP contribution in [0.4, 0.5) is 0 Å². The lowest BCUT2D eigenvalue weighted by Gasteiger charge is -2.11. The monoisotopic (exact) mass is 362 g/mol. The molecule has 1 aromatic carbocycles. The smallest absolute Gasteiger partial charge is 0.252 e. The van der Waals surface area contributed by atoms with Gasteiger partial charge in [-0.1, -0.05) is 41.3 Å². The standard InChI is InChI=1S/C16H18N4O2S2/c1-10-19-20-16(24-10)23-8-4-7-17-14(21)9-13-11-5-2-3-6-12(11)15(22)18-13/h2-3,5-6,13H,4,7-9H2,1H3,(H,17,21)(H,18,22)/t13-/m1/s1. The molecular weight excluding hydrogens is 344 g/mol. The molecule has 2 amide bonds. The minimum absolute atomic E-state index is 0.0474. The molecule has 2 heterocycles. The number of nitrogens with zero attached hydrogens (tertiary/aromatic N) is 2. The maximum Gasteiger partial charge on any atom is 0.252 e. The van der Waals surface area contributed by atoms with Gasteiger partial charge >= 0.3 is 0 Å². The summed E-state index contributed by atoms with van der Waals surface area (Å²) in [5.74, 6) is 0.735. The zero-order chi connectivity index (χ0) is 16.9. The Morgan fingerprint density at radius 2 is 2.21 bits per heavy atom. The zero-order valence-corrected chi connectivity index (χ0v) is 14.9. The number of rotatable bonds is 7. The van der Waals surface area contributed by atoms with Crippen molar-refractivity contribution in [3.63, 3.8) is 0 Å². The molecule has 1 atom stereocenters. The number of carbonyl (C=O) groups excluding carboxylic acids is 2. The van der Waals surface area contributed by atoms with Crippen LogP contribution in [-0.2, 0) is 4.79 Å². The molecule has 2 N–H and O–H groups in total. The van der Waals surface area contributed by atoms with Crippen LogP contribution in [0, 0.1) is 6.92 Å². The fraction of sp³-hybridized carbons (Fsp3) is 0.375. The van der Waals surface area contributed by atoms with Gasteiger partial charge in [0.15, 0.2) is 4.34 Å². The lowest BCUT2D eigenvalue weighted by molar-refractivity contribution is -0.121. The van der Waals surface area contributed by atoms with Crippen molar-refractivity contribution in [3.8, 4) is 0 Å². The Labute approximate surface area is 148 Å². The Kier molecular flexibility index (Phi) is 5.47. The van der Waals surface area contributed by atoms with E-state index in [0.29, 0.717) is 12.1 Å². The molecule has 0 fully saturated rings. The summed E-state index contributed by atoms with van der Waals surface area (Å²) in [5.41, 5.74) is 1.57. The first-order valence-corrected chi connectivity index (χ1v) is 9.53. The third kappa shape index (κ3) is 4.12. The second kappa shape index (κ2) is 7.76. The Hall–Kier alpha value is -1.93. The van der Waals surface area contributed by atoms with Gasteiger partial charge in [-0.05, 0) is 25.0 Å². The van der Waals surface area contributed by atoms with Crippen molar-refractivity contribution in [3.05, 3.63) is 40.4 Å².